The number of nitrogens with zero attached hydrogens (tertiary/aromatic N) is 1. The highest BCUT2D eigenvalue weighted by Crippen LogP contribution is 2.20. The minimum atomic E-state index is -0.0846. The van der Waals surface area contributed by atoms with Gasteiger partial charge in [-0.3, -0.25) is 9.79 Å². The van der Waals surface area contributed by atoms with Gasteiger partial charge in [-0.25, -0.2) is 0 Å². The number of carbonyl (C=O) groups is 1. The molecule has 0 spiro atoms. The summed E-state index contributed by atoms with van der Waals surface area (Å²) in [5, 5.41) is 0. The standard InChI is InChI=1S/C9H8N2O/c10-8-2-1-6-5-11-4-3-7(6)9(8)12/h1-4H,5,10H2. The van der Waals surface area contributed by atoms with Gasteiger partial charge >= 0.3 is 0 Å². The second kappa shape index (κ2) is 2.44. The first-order valence-electron chi connectivity index (χ1n) is 3.70. The predicted octanol–water partition coefficient (Wildman–Crippen LogP) is 0.349. The number of hydrogen-bond donors (Lipinski definition) is 1. The van der Waals surface area contributed by atoms with E-state index in [1.165, 1.54) is 0 Å². The summed E-state index contributed by atoms with van der Waals surface area (Å²) in [6.07, 6.45) is 6.83. The lowest BCUT2D eigenvalue weighted by Crippen LogP contribution is -2.20. The van der Waals surface area contributed by atoms with Crippen molar-refractivity contribution in [3.63, 3.8) is 0 Å². The number of hydrogen-bond acceptors (Lipinski definition) is 3. The highest BCUT2D eigenvalue weighted by atomic mass is 16.1. The van der Waals surface area contributed by atoms with Gasteiger partial charge in [0.15, 0.2) is 0 Å². The molecule has 0 radical (unpaired) electrons. The normalized spacial score (nSPS) is 21.0. The Morgan fingerprint density at radius 3 is 3.00 bits per heavy atom. The number of allylic oxidation sites excluding steroid dienone is 4. The van der Waals surface area contributed by atoms with E-state index in [4.69, 9.17) is 5.73 Å². The highest BCUT2D eigenvalue weighted by Gasteiger charge is 2.20. The summed E-state index contributed by atoms with van der Waals surface area (Å²) in [4.78, 5) is 15.4. The van der Waals surface area contributed by atoms with Gasteiger partial charge in [0.05, 0.1) is 12.2 Å². The van der Waals surface area contributed by atoms with Crippen LogP contribution in [-0.4, -0.2) is 18.5 Å². The van der Waals surface area contributed by atoms with Crippen molar-refractivity contribution in [1.82, 2.24) is 0 Å². The van der Waals surface area contributed by atoms with Crippen LogP contribution in [0, 0.1) is 0 Å². The number of carbonyl (C=O) groups excluding carboxylic acids is 1. The molecule has 12 heavy (non-hydrogen) atoms. The molecule has 60 valence electrons. The Balaban J connectivity index is 2.50. The van der Waals surface area contributed by atoms with Crippen LogP contribution in [0.4, 0.5) is 0 Å². The van der Waals surface area contributed by atoms with Crippen molar-refractivity contribution < 1.29 is 4.79 Å². The largest absolute Gasteiger partial charge is 0.396 e. The molecule has 0 aromatic carbocycles. The van der Waals surface area contributed by atoms with E-state index in [1.807, 2.05) is 6.08 Å². The van der Waals surface area contributed by atoms with Gasteiger partial charge in [-0.15, -0.1) is 0 Å². The molecule has 0 aromatic rings. The molecule has 1 aliphatic heterocycles. The molecule has 0 atom stereocenters. The summed E-state index contributed by atoms with van der Waals surface area (Å²) in [6.45, 7) is 0.585. The fourth-order valence-electron chi connectivity index (χ4n) is 1.26. The monoisotopic (exact) mass is 160 g/mol. The van der Waals surface area contributed by atoms with E-state index in [0.717, 1.165) is 5.57 Å². The summed E-state index contributed by atoms with van der Waals surface area (Å²) >= 11 is 0. The predicted molar refractivity (Wildman–Crippen MR) is 46.8 cm³/mol. The van der Waals surface area contributed by atoms with Gasteiger partial charge < -0.3 is 5.73 Å². The van der Waals surface area contributed by atoms with Crippen molar-refractivity contribution in [2.24, 2.45) is 10.7 Å². The molecule has 0 aromatic heterocycles. The lowest BCUT2D eigenvalue weighted by atomic mass is 9.93. The third kappa shape index (κ3) is 0.906. The smallest absolute Gasteiger partial charge is 0.209 e. The maximum Gasteiger partial charge on any atom is 0.209 e. The molecule has 3 nitrogen and oxygen atoms in total. The maximum absolute atomic E-state index is 11.4. The number of rotatable bonds is 0. The maximum atomic E-state index is 11.4. The van der Waals surface area contributed by atoms with E-state index >= 15 is 0 Å². The van der Waals surface area contributed by atoms with E-state index in [2.05, 4.69) is 4.99 Å². The molecule has 2 N–H and O–H groups in total. The molecule has 0 bridgehead atoms. The third-order valence-electron chi connectivity index (χ3n) is 1.93. The number of nitrogens with two attached hydrogens (primary N) is 1. The van der Waals surface area contributed by atoms with Gasteiger partial charge in [-0.1, -0.05) is 6.08 Å². The summed E-state index contributed by atoms with van der Waals surface area (Å²) in [5.41, 5.74) is 7.41. The van der Waals surface area contributed by atoms with Crippen LogP contribution in [0.5, 0.6) is 0 Å². The molecule has 0 amide bonds. The fraction of sp³-hybridized carbons (Fsp3) is 0.111. The second-order valence-electron chi connectivity index (χ2n) is 2.71. The Morgan fingerprint density at radius 1 is 1.33 bits per heavy atom. The average Bonchev–Trinajstić information content (AvgIpc) is 2.12. The number of fused-ring (bicyclic) bond motifs is 1. The number of aliphatic imine (C=N–C) groups is 1. The summed E-state index contributed by atoms with van der Waals surface area (Å²) in [7, 11) is 0. The van der Waals surface area contributed by atoms with E-state index in [1.54, 1.807) is 18.4 Å². The van der Waals surface area contributed by atoms with Crippen LogP contribution < -0.4 is 5.73 Å². The molecule has 0 saturated heterocycles. The van der Waals surface area contributed by atoms with Gasteiger partial charge in [-0.05, 0) is 17.7 Å². The van der Waals surface area contributed by atoms with Crippen molar-refractivity contribution in [2.45, 2.75) is 0 Å². The Hall–Kier alpha value is -1.64. The molecular weight excluding hydrogens is 152 g/mol. The van der Waals surface area contributed by atoms with E-state index < -0.39 is 0 Å². The average molecular weight is 160 g/mol. The molecule has 0 saturated carbocycles. The van der Waals surface area contributed by atoms with Gasteiger partial charge in [-0.2, -0.15) is 0 Å². The van der Waals surface area contributed by atoms with E-state index in [-0.39, 0.29) is 5.78 Å². The third-order valence-corrected chi connectivity index (χ3v) is 1.93. The van der Waals surface area contributed by atoms with Gasteiger partial charge in [0, 0.05) is 11.8 Å². The summed E-state index contributed by atoms with van der Waals surface area (Å²) in [5.74, 6) is -0.0846. The van der Waals surface area contributed by atoms with Gasteiger partial charge in [0.2, 0.25) is 5.78 Å². The van der Waals surface area contributed by atoms with Gasteiger partial charge in [0.25, 0.3) is 0 Å². The molecule has 2 rings (SSSR count). The fourth-order valence-corrected chi connectivity index (χ4v) is 1.26. The number of ketones is 1. The van der Waals surface area contributed by atoms with Crippen molar-refractivity contribution in [1.29, 1.82) is 0 Å². The van der Waals surface area contributed by atoms with Crippen LogP contribution in [-0.2, 0) is 4.79 Å². The molecule has 1 heterocycles. The van der Waals surface area contributed by atoms with Gasteiger partial charge in [0.1, 0.15) is 0 Å². The van der Waals surface area contributed by atoms with Crippen LogP contribution in [0.15, 0.2) is 40.1 Å². The van der Waals surface area contributed by atoms with Crippen molar-refractivity contribution >= 4 is 12.0 Å². The second-order valence-corrected chi connectivity index (χ2v) is 2.71. The lowest BCUT2D eigenvalue weighted by molar-refractivity contribution is -0.112. The molecule has 1 aliphatic carbocycles. The zero-order valence-corrected chi connectivity index (χ0v) is 6.45. The van der Waals surface area contributed by atoms with E-state index in [9.17, 15) is 4.79 Å². The van der Waals surface area contributed by atoms with Crippen LogP contribution in [0.25, 0.3) is 0 Å². The number of Topliss-reactive ketones (excluding diaryl/α,β-unsaturated/α-hetero) is 1. The Bertz CT molecular complexity index is 359. The first-order valence-corrected chi connectivity index (χ1v) is 3.70. The zero-order valence-electron chi connectivity index (χ0n) is 6.45. The van der Waals surface area contributed by atoms with Crippen LogP contribution in [0.2, 0.25) is 0 Å². The van der Waals surface area contributed by atoms with Crippen molar-refractivity contribution in [3.8, 4) is 0 Å². The Kier molecular flexibility index (Phi) is 1.43. The molecular formula is C9H8N2O. The molecule has 3 heteroatoms. The quantitative estimate of drug-likeness (QED) is 0.555. The van der Waals surface area contributed by atoms with E-state index in [0.29, 0.717) is 17.8 Å². The molecule has 0 fully saturated rings. The summed E-state index contributed by atoms with van der Waals surface area (Å²) in [6, 6.07) is 0. The first-order chi connectivity index (χ1) is 5.79. The van der Waals surface area contributed by atoms with Crippen molar-refractivity contribution in [2.75, 3.05) is 6.54 Å². The minimum absolute atomic E-state index is 0.0846. The van der Waals surface area contributed by atoms with Crippen LogP contribution in [0.1, 0.15) is 0 Å². The van der Waals surface area contributed by atoms with Crippen molar-refractivity contribution in [3.05, 3.63) is 35.1 Å². The Labute approximate surface area is 70.0 Å². The molecule has 0 unspecified atom stereocenters. The summed E-state index contributed by atoms with van der Waals surface area (Å²) < 4.78 is 0. The minimum Gasteiger partial charge on any atom is -0.396 e. The topological polar surface area (TPSA) is 55.4 Å². The SMILES string of the molecule is NC1=CC=C2CN=CC=C2C1=O. The first kappa shape index (κ1) is 7.03. The number of dihydropyridines is 1. The lowest BCUT2D eigenvalue weighted by Gasteiger charge is -2.15. The zero-order chi connectivity index (χ0) is 8.55. The van der Waals surface area contributed by atoms with Crippen LogP contribution in [0.3, 0.4) is 0 Å². The highest BCUT2D eigenvalue weighted by molar-refractivity contribution is 6.14. The Morgan fingerprint density at radius 2 is 2.17 bits per heavy atom. The van der Waals surface area contributed by atoms with Crippen LogP contribution >= 0.6 is 0 Å². The molecule has 2 aliphatic rings.